The van der Waals surface area contributed by atoms with Crippen molar-refractivity contribution in [1.29, 1.82) is 0 Å². The van der Waals surface area contributed by atoms with Crippen molar-refractivity contribution in [3.63, 3.8) is 0 Å². The Balaban J connectivity index is 1.48. The van der Waals surface area contributed by atoms with Crippen LogP contribution < -0.4 is 9.62 Å². The summed E-state index contributed by atoms with van der Waals surface area (Å²) in [7, 11) is -4.48. The maximum Gasteiger partial charge on any atom is 0.289 e. The maximum absolute atomic E-state index is 13.0. The summed E-state index contributed by atoms with van der Waals surface area (Å²) >= 11 is 0. The summed E-state index contributed by atoms with van der Waals surface area (Å²) < 4.78 is 27.5. The Morgan fingerprint density at radius 3 is 2.46 bits per heavy atom. The molecule has 1 aliphatic rings. The van der Waals surface area contributed by atoms with Gasteiger partial charge in [-0.15, -0.1) is 0 Å². The first-order valence-electron chi connectivity index (χ1n) is 12.2. The number of rotatable bonds is 9. The first kappa shape index (κ1) is 26.2. The van der Waals surface area contributed by atoms with Crippen LogP contribution in [0.5, 0.6) is 0 Å². The van der Waals surface area contributed by atoms with Gasteiger partial charge >= 0.3 is 0 Å². The highest BCUT2D eigenvalue weighted by Crippen LogP contribution is 2.26. The van der Waals surface area contributed by atoms with Gasteiger partial charge < -0.3 is 4.90 Å². The zero-order chi connectivity index (χ0) is 26.4. The molecule has 37 heavy (non-hydrogen) atoms. The van der Waals surface area contributed by atoms with Gasteiger partial charge in [-0.1, -0.05) is 55.8 Å². The lowest BCUT2D eigenvalue weighted by Crippen LogP contribution is -2.36. The van der Waals surface area contributed by atoms with E-state index in [9.17, 15) is 23.3 Å². The van der Waals surface area contributed by atoms with E-state index >= 15 is 0 Å². The van der Waals surface area contributed by atoms with Crippen molar-refractivity contribution in [2.75, 3.05) is 18.0 Å². The highest BCUT2D eigenvalue weighted by molar-refractivity contribution is 7.90. The van der Waals surface area contributed by atoms with E-state index in [0.717, 1.165) is 44.5 Å². The van der Waals surface area contributed by atoms with Gasteiger partial charge in [0, 0.05) is 25.4 Å². The Bertz CT molecular complexity index is 1370. The van der Waals surface area contributed by atoms with Crippen LogP contribution >= 0.6 is 0 Å². The summed E-state index contributed by atoms with van der Waals surface area (Å²) in [6.45, 7) is 3.52. The van der Waals surface area contributed by atoms with Gasteiger partial charge in [-0.3, -0.25) is 14.9 Å². The van der Waals surface area contributed by atoms with Gasteiger partial charge in [-0.05, 0) is 43.2 Å². The van der Waals surface area contributed by atoms with Crippen molar-refractivity contribution in [2.24, 2.45) is 5.92 Å². The molecule has 0 bridgehead atoms. The van der Waals surface area contributed by atoms with Crippen LogP contribution in [0.4, 0.5) is 11.6 Å². The molecule has 194 valence electrons. The molecule has 1 N–H and O–H groups in total. The summed E-state index contributed by atoms with van der Waals surface area (Å²) in [6, 6.07) is 15.3. The Morgan fingerprint density at radius 1 is 1.11 bits per heavy atom. The average molecular weight is 524 g/mol. The van der Waals surface area contributed by atoms with Crippen molar-refractivity contribution in [1.82, 2.24) is 14.7 Å². The first-order valence-corrected chi connectivity index (χ1v) is 13.7. The molecule has 0 atom stereocenters. The summed E-state index contributed by atoms with van der Waals surface area (Å²) in [4.78, 5) is 33.9. The van der Waals surface area contributed by atoms with E-state index in [-0.39, 0.29) is 5.56 Å². The summed E-state index contributed by atoms with van der Waals surface area (Å²) in [5, 5.41) is 11.3. The second-order valence-electron chi connectivity index (χ2n) is 9.06. The van der Waals surface area contributed by atoms with E-state index in [4.69, 9.17) is 0 Å². The number of carbonyl (C=O) groups is 1. The molecule has 10 nitrogen and oxygen atoms in total. The minimum atomic E-state index is -4.48. The number of hydrogen-bond donors (Lipinski definition) is 1. The Kier molecular flexibility index (Phi) is 8.12. The zero-order valence-electron chi connectivity index (χ0n) is 20.5. The lowest BCUT2D eigenvalue weighted by molar-refractivity contribution is -0.387. The molecule has 2 aromatic carbocycles. The van der Waals surface area contributed by atoms with Gasteiger partial charge in [0.25, 0.3) is 21.6 Å². The smallest absolute Gasteiger partial charge is 0.289 e. The van der Waals surface area contributed by atoms with Crippen molar-refractivity contribution < 1.29 is 18.1 Å². The molecule has 1 aliphatic heterocycles. The molecule has 11 heteroatoms. The lowest BCUT2D eigenvalue weighted by Gasteiger charge is -2.32. The second-order valence-corrected chi connectivity index (χ2v) is 10.7. The third-order valence-electron chi connectivity index (χ3n) is 6.43. The minimum Gasteiger partial charge on any atom is -0.341 e. The fourth-order valence-corrected chi connectivity index (χ4v) is 5.67. The molecule has 0 unspecified atom stereocenters. The summed E-state index contributed by atoms with van der Waals surface area (Å²) in [5.74, 6) is 0.167. The molecule has 3 aromatic rings. The van der Waals surface area contributed by atoms with Gasteiger partial charge in [0.05, 0.1) is 16.2 Å². The van der Waals surface area contributed by atoms with Crippen molar-refractivity contribution in [3.05, 3.63) is 87.7 Å². The van der Waals surface area contributed by atoms with Crippen molar-refractivity contribution in [3.8, 4) is 0 Å². The van der Waals surface area contributed by atoms with E-state index in [1.165, 1.54) is 23.9 Å². The van der Waals surface area contributed by atoms with Crippen LogP contribution in [0.1, 0.15) is 47.8 Å². The molecule has 0 spiro atoms. The Morgan fingerprint density at radius 2 is 1.78 bits per heavy atom. The molecule has 4 rings (SSSR count). The van der Waals surface area contributed by atoms with Crippen LogP contribution in [-0.4, -0.2) is 42.3 Å². The number of aryl methyl sites for hydroxylation is 1. The number of piperidine rings is 1. The predicted octanol–water partition coefficient (Wildman–Crippen LogP) is 3.92. The highest BCUT2D eigenvalue weighted by Gasteiger charge is 2.29. The number of benzene rings is 2. The second kappa shape index (κ2) is 11.5. The largest absolute Gasteiger partial charge is 0.341 e. The summed E-state index contributed by atoms with van der Waals surface area (Å²) in [6.07, 6.45) is 5.51. The van der Waals surface area contributed by atoms with E-state index in [0.29, 0.717) is 30.4 Å². The fourth-order valence-electron chi connectivity index (χ4n) is 4.53. The summed E-state index contributed by atoms with van der Waals surface area (Å²) in [5.41, 5.74) is 1.19. The molecular formula is C26H29N5O5S. The molecule has 0 aliphatic carbocycles. The minimum absolute atomic E-state index is 0.0340. The number of hydrogen-bond acceptors (Lipinski definition) is 8. The number of carbonyl (C=O) groups excluding carboxylic acids is 1. The van der Waals surface area contributed by atoms with Gasteiger partial charge in [0.2, 0.25) is 5.95 Å². The number of aromatic nitrogens is 2. The molecule has 0 saturated carbocycles. The number of nitro groups is 1. The molecule has 0 radical (unpaired) electrons. The van der Waals surface area contributed by atoms with Gasteiger partial charge in [0.15, 0.2) is 4.90 Å². The van der Waals surface area contributed by atoms with Crippen molar-refractivity contribution in [2.45, 2.75) is 43.9 Å². The topological polar surface area (TPSA) is 135 Å². The Labute approximate surface area is 216 Å². The van der Waals surface area contributed by atoms with Crippen LogP contribution in [0, 0.1) is 16.0 Å². The molecule has 1 fully saturated rings. The van der Waals surface area contributed by atoms with E-state index < -0.39 is 31.4 Å². The fraction of sp³-hybridized carbons (Fsp3) is 0.346. The standard InChI is InChI=1S/C26H29N5O5S/c1-2-8-22-21(25(32)29-37(35,36)24-12-7-6-11-23(24)31(33)34)18-27-26(28-22)30-15-13-20(14-16-30)17-19-9-4-3-5-10-19/h3-7,9-12,18,20H,2,8,13-17H2,1H3,(H,29,32). The number of nitrogens with zero attached hydrogens (tertiary/aromatic N) is 4. The predicted molar refractivity (Wildman–Crippen MR) is 139 cm³/mol. The van der Waals surface area contributed by atoms with E-state index in [2.05, 4.69) is 39.1 Å². The number of nitrogens with one attached hydrogen (secondary N) is 1. The van der Waals surface area contributed by atoms with Crippen LogP contribution in [-0.2, 0) is 22.9 Å². The normalized spacial score (nSPS) is 14.4. The maximum atomic E-state index is 13.0. The SMILES string of the molecule is CCCc1nc(N2CCC(Cc3ccccc3)CC2)ncc1C(=O)NS(=O)(=O)c1ccccc1[N+](=O)[O-]. The number of para-hydroxylation sites is 1. The van der Waals surface area contributed by atoms with Crippen LogP contribution in [0.15, 0.2) is 65.7 Å². The third kappa shape index (κ3) is 6.29. The van der Waals surface area contributed by atoms with Gasteiger partial charge in [-0.25, -0.2) is 23.1 Å². The monoisotopic (exact) mass is 523 g/mol. The molecular weight excluding hydrogens is 494 g/mol. The number of nitro benzene ring substituents is 1. The van der Waals surface area contributed by atoms with Crippen LogP contribution in [0.25, 0.3) is 0 Å². The molecule has 1 amide bonds. The average Bonchev–Trinajstić information content (AvgIpc) is 2.89. The zero-order valence-corrected chi connectivity index (χ0v) is 21.4. The van der Waals surface area contributed by atoms with Crippen molar-refractivity contribution >= 4 is 27.6 Å². The highest BCUT2D eigenvalue weighted by atomic mass is 32.2. The number of sulfonamides is 1. The molecule has 2 heterocycles. The van der Waals surface area contributed by atoms with Gasteiger partial charge in [0.1, 0.15) is 0 Å². The third-order valence-corrected chi connectivity index (χ3v) is 7.81. The number of anilines is 1. The quantitative estimate of drug-likeness (QED) is 0.329. The lowest BCUT2D eigenvalue weighted by atomic mass is 9.90. The van der Waals surface area contributed by atoms with Gasteiger partial charge in [-0.2, -0.15) is 0 Å². The first-order chi connectivity index (χ1) is 17.8. The van der Waals surface area contributed by atoms with Crippen LogP contribution in [0.3, 0.4) is 0 Å². The van der Waals surface area contributed by atoms with Crippen LogP contribution in [0.2, 0.25) is 0 Å². The molecule has 1 aromatic heterocycles. The Hall–Kier alpha value is -3.86. The molecule has 1 saturated heterocycles. The number of amides is 1. The van der Waals surface area contributed by atoms with E-state index in [1.54, 1.807) is 0 Å². The van der Waals surface area contributed by atoms with E-state index in [1.807, 2.05) is 17.7 Å².